The molecule has 0 N–H and O–H groups in total. The average Bonchev–Trinajstić information content (AvgIpc) is 2.38. The van der Waals surface area contributed by atoms with Crippen molar-refractivity contribution in [3.8, 4) is 0 Å². The van der Waals surface area contributed by atoms with Crippen molar-refractivity contribution in [3.05, 3.63) is 0 Å². The molecule has 2 fully saturated rings. The van der Waals surface area contributed by atoms with Gasteiger partial charge in [-0.1, -0.05) is 6.92 Å². The monoisotopic (exact) mass is 296 g/mol. The lowest BCUT2D eigenvalue weighted by molar-refractivity contribution is -0.253. The van der Waals surface area contributed by atoms with E-state index in [1.54, 1.807) is 0 Å². The van der Waals surface area contributed by atoms with Gasteiger partial charge < -0.3 is 0 Å². The fraction of sp³-hybridized carbons (Fsp3) is 1.00. The lowest BCUT2D eigenvalue weighted by atomic mass is 9.83. The first-order valence-corrected chi connectivity index (χ1v) is 7.63. The van der Waals surface area contributed by atoms with Crippen LogP contribution in [0.25, 0.3) is 0 Å². The number of hydrogen-bond acceptors (Lipinski definition) is 3. The molecule has 19 heavy (non-hydrogen) atoms. The number of piperazine rings is 1. The van der Waals surface area contributed by atoms with E-state index in [1.807, 2.05) is 0 Å². The molecule has 112 valence electrons. The third kappa shape index (κ3) is 4.02. The first-order valence-electron chi connectivity index (χ1n) is 7.12. The predicted octanol–water partition coefficient (Wildman–Crippen LogP) is 3.00. The van der Waals surface area contributed by atoms with Gasteiger partial charge in [-0.2, -0.15) is 25.8 Å². The maximum Gasteiger partial charge on any atom is 0.460 e. The number of nitrogens with zero attached hydrogens (tertiary/aromatic N) is 2. The van der Waals surface area contributed by atoms with Crippen molar-refractivity contribution in [1.82, 2.24) is 9.80 Å². The summed E-state index contributed by atoms with van der Waals surface area (Å²) in [5.74, 6) is 0.677. The summed E-state index contributed by atoms with van der Waals surface area (Å²) in [5, 5.41) is 0.433. The van der Waals surface area contributed by atoms with Gasteiger partial charge >= 0.3 is 6.30 Å². The summed E-state index contributed by atoms with van der Waals surface area (Å²) in [6.07, 6.45) is 0.387. The third-order valence-corrected chi connectivity index (χ3v) is 5.03. The molecule has 0 aromatic heterocycles. The fourth-order valence-electron chi connectivity index (χ4n) is 3.29. The topological polar surface area (TPSA) is 6.48 Å². The van der Waals surface area contributed by atoms with Crippen LogP contribution in [0.15, 0.2) is 0 Å². The highest BCUT2D eigenvalue weighted by atomic mass is 32.1. The summed E-state index contributed by atoms with van der Waals surface area (Å²) >= 11 is 4.50. The Labute approximate surface area is 118 Å². The minimum absolute atomic E-state index is 0.117. The van der Waals surface area contributed by atoms with Gasteiger partial charge in [-0.25, -0.2) is 4.90 Å². The second-order valence-corrected chi connectivity index (χ2v) is 6.61. The van der Waals surface area contributed by atoms with Crippen LogP contribution in [0.1, 0.15) is 32.6 Å². The van der Waals surface area contributed by atoms with Crippen molar-refractivity contribution in [3.63, 3.8) is 0 Å². The summed E-state index contributed by atoms with van der Waals surface area (Å²) in [4.78, 5) is 2.88. The highest BCUT2D eigenvalue weighted by Crippen LogP contribution is 2.32. The number of rotatable bonds is 2. The highest BCUT2D eigenvalue weighted by molar-refractivity contribution is 7.80. The van der Waals surface area contributed by atoms with Crippen molar-refractivity contribution in [2.24, 2.45) is 5.92 Å². The molecule has 0 amide bonds. The van der Waals surface area contributed by atoms with Crippen LogP contribution in [-0.4, -0.2) is 53.6 Å². The molecule has 1 saturated carbocycles. The van der Waals surface area contributed by atoms with E-state index in [0.717, 1.165) is 25.7 Å². The summed E-state index contributed by atoms with van der Waals surface area (Å²) in [5.41, 5.74) is 0. The molecule has 1 unspecified atom stereocenters. The Kier molecular flexibility index (Phi) is 5.06. The van der Waals surface area contributed by atoms with Gasteiger partial charge in [0.1, 0.15) is 0 Å². The summed E-state index contributed by atoms with van der Waals surface area (Å²) in [6.45, 7) is 3.46. The van der Waals surface area contributed by atoms with E-state index in [1.165, 1.54) is 0 Å². The number of alkyl halides is 3. The first-order chi connectivity index (χ1) is 8.88. The standard InChI is InChI=1S/C13H23F3N2S/c1-10(19)11-2-4-12(5-3-11)17-6-8-18(9-7-17)13(14,15)16/h10-12,19H,2-9H2,1H3. The number of halogens is 3. The van der Waals surface area contributed by atoms with Crippen LogP contribution < -0.4 is 0 Å². The van der Waals surface area contributed by atoms with E-state index in [2.05, 4.69) is 24.5 Å². The molecule has 0 radical (unpaired) electrons. The molecular formula is C13H23F3N2S. The van der Waals surface area contributed by atoms with Gasteiger partial charge in [0.2, 0.25) is 0 Å². The van der Waals surface area contributed by atoms with Crippen LogP contribution in [0.4, 0.5) is 13.2 Å². The van der Waals surface area contributed by atoms with E-state index in [9.17, 15) is 13.2 Å². The van der Waals surface area contributed by atoms with E-state index in [4.69, 9.17) is 0 Å². The maximum atomic E-state index is 12.5. The Bertz CT molecular complexity index is 280. The van der Waals surface area contributed by atoms with Crippen LogP contribution in [0.5, 0.6) is 0 Å². The van der Waals surface area contributed by atoms with Gasteiger partial charge in [0, 0.05) is 37.5 Å². The summed E-state index contributed by atoms with van der Waals surface area (Å²) < 4.78 is 37.6. The number of hydrogen-bond donors (Lipinski definition) is 1. The van der Waals surface area contributed by atoms with Crippen LogP contribution in [0, 0.1) is 5.92 Å². The molecule has 2 nitrogen and oxygen atoms in total. The van der Waals surface area contributed by atoms with Crippen LogP contribution in [0.2, 0.25) is 0 Å². The van der Waals surface area contributed by atoms with Crippen molar-refractivity contribution in [2.75, 3.05) is 26.2 Å². The molecule has 0 aromatic carbocycles. The first kappa shape index (κ1) is 15.4. The zero-order valence-corrected chi connectivity index (χ0v) is 12.3. The second-order valence-electron chi connectivity index (χ2n) is 5.80. The largest absolute Gasteiger partial charge is 0.460 e. The molecule has 1 saturated heterocycles. The molecule has 1 heterocycles. The SMILES string of the molecule is CC(S)C1CCC(N2CCN(C(F)(F)F)CC2)CC1. The fourth-order valence-corrected chi connectivity index (χ4v) is 3.59. The Hall–Kier alpha value is 0.0600. The van der Waals surface area contributed by atoms with E-state index < -0.39 is 6.30 Å². The van der Waals surface area contributed by atoms with Crippen LogP contribution >= 0.6 is 12.6 Å². The molecule has 6 heteroatoms. The van der Waals surface area contributed by atoms with E-state index in [-0.39, 0.29) is 13.1 Å². The predicted molar refractivity (Wildman–Crippen MR) is 73.4 cm³/mol. The zero-order chi connectivity index (χ0) is 14.0. The minimum Gasteiger partial charge on any atom is -0.298 e. The molecule has 0 spiro atoms. The summed E-state index contributed by atoms with van der Waals surface area (Å²) in [6, 6.07) is 0.485. The molecule has 0 aromatic rings. The van der Waals surface area contributed by atoms with Crippen molar-refractivity contribution in [2.45, 2.75) is 50.2 Å². The smallest absolute Gasteiger partial charge is 0.298 e. The van der Waals surface area contributed by atoms with Gasteiger partial charge in [-0.05, 0) is 31.6 Å². The zero-order valence-electron chi connectivity index (χ0n) is 11.4. The van der Waals surface area contributed by atoms with Crippen molar-refractivity contribution < 1.29 is 13.2 Å². The average molecular weight is 296 g/mol. The maximum absolute atomic E-state index is 12.5. The Morgan fingerprint density at radius 2 is 1.53 bits per heavy atom. The molecular weight excluding hydrogens is 273 g/mol. The molecule has 2 rings (SSSR count). The van der Waals surface area contributed by atoms with Crippen molar-refractivity contribution in [1.29, 1.82) is 0 Å². The van der Waals surface area contributed by atoms with E-state index >= 15 is 0 Å². The molecule has 1 aliphatic carbocycles. The molecule has 2 aliphatic rings. The third-order valence-electron chi connectivity index (χ3n) is 4.61. The lowest BCUT2D eigenvalue weighted by Gasteiger charge is -2.42. The Morgan fingerprint density at radius 1 is 1.00 bits per heavy atom. The number of thiol groups is 1. The van der Waals surface area contributed by atoms with Gasteiger partial charge in [-0.3, -0.25) is 4.90 Å². The van der Waals surface area contributed by atoms with Crippen molar-refractivity contribution >= 4 is 12.6 Å². The van der Waals surface area contributed by atoms with E-state index in [0.29, 0.717) is 35.2 Å². The Morgan fingerprint density at radius 3 is 1.95 bits per heavy atom. The van der Waals surface area contributed by atoms with Gasteiger partial charge in [-0.15, -0.1) is 0 Å². The van der Waals surface area contributed by atoms with Crippen LogP contribution in [0.3, 0.4) is 0 Å². The lowest BCUT2D eigenvalue weighted by Crippen LogP contribution is -2.54. The molecule has 0 bridgehead atoms. The molecule has 1 atom stereocenters. The normalized spacial score (nSPS) is 33.3. The van der Waals surface area contributed by atoms with Gasteiger partial charge in [0.15, 0.2) is 0 Å². The quantitative estimate of drug-likeness (QED) is 0.618. The highest BCUT2D eigenvalue weighted by Gasteiger charge is 2.40. The second kappa shape index (κ2) is 6.22. The Balaban J connectivity index is 1.77. The minimum atomic E-state index is -4.16. The molecule has 1 aliphatic heterocycles. The van der Waals surface area contributed by atoms with Gasteiger partial charge in [0.05, 0.1) is 0 Å². The summed E-state index contributed by atoms with van der Waals surface area (Å²) in [7, 11) is 0. The van der Waals surface area contributed by atoms with Gasteiger partial charge in [0.25, 0.3) is 0 Å². The van der Waals surface area contributed by atoms with Crippen LogP contribution in [-0.2, 0) is 0 Å².